The van der Waals surface area contributed by atoms with Gasteiger partial charge in [-0.1, -0.05) is 17.8 Å². The van der Waals surface area contributed by atoms with E-state index >= 15 is 0 Å². The molecular formula is C10H15N3S. The van der Waals surface area contributed by atoms with Crippen LogP contribution in [0.3, 0.4) is 0 Å². The number of nitrogens with zero attached hydrogens (tertiary/aromatic N) is 2. The van der Waals surface area contributed by atoms with Crippen LogP contribution < -0.4 is 5.73 Å². The Bertz CT molecular complexity index is 336. The maximum absolute atomic E-state index is 5.55. The fourth-order valence-electron chi connectivity index (χ4n) is 3.05. The molecule has 1 heterocycles. The Morgan fingerprint density at radius 3 is 2.79 bits per heavy atom. The molecular weight excluding hydrogens is 194 g/mol. The molecule has 2 saturated carbocycles. The Balaban J connectivity index is 1.82. The van der Waals surface area contributed by atoms with E-state index in [9.17, 15) is 0 Å². The Kier molecular flexibility index (Phi) is 2.06. The van der Waals surface area contributed by atoms with Crippen molar-refractivity contribution in [3.05, 3.63) is 10.0 Å². The first-order valence-electron chi connectivity index (χ1n) is 5.39. The first-order chi connectivity index (χ1) is 6.86. The second-order valence-electron chi connectivity index (χ2n) is 4.52. The summed E-state index contributed by atoms with van der Waals surface area (Å²) < 4.78 is 0. The highest BCUT2D eigenvalue weighted by Gasteiger charge is 2.41. The van der Waals surface area contributed by atoms with Crippen LogP contribution in [-0.4, -0.2) is 10.2 Å². The fourth-order valence-corrected chi connectivity index (χ4v) is 3.97. The van der Waals surface area contributed by atoms with E-state index in [0.29, 0.717) is 12.5 Å². The Morgan fingerprint density at radius 2 is 2.21 bits per heavy atom. The minimum absolute atomic E-state index is 0.540. The highest BCUT2D eigenvalue weighted by molar-refractivity contribution is 7.11. The van der Waals surface area contributed by atoms with Crippen molar-refractivity contribution >= 4 is 11.3 Å². The maximum Gasteiger partial charge on any atom is 0.131 e. The van der Waals surface area contributed by atoms with E-state index in [0.717, 1.165) is 16.8 Å². The Hall–Kier alpha value is -0.480. The maximum atomic E-state index is 5.55. The topological polar surface area (TPSA) is 51.8 Å². The molecule has 2 aliphatic carbocycles. The number of hydrogen-bond acceptors (Lipinski definition) is 4. The summed E-state index contributed by atoms with van der Waals surface area (Å²) >= 11 is 1.72. The SMILES string of the molecule is NCc1nnc(C2CC3CCC2C3)s1. The van der Waals surface area contributed by atoms with Crippen molar-refractivity contribution in [1.29, 1.82) is 0 Å². The second kappa shape index (κ2) is 3.28. The normalized spacial score (nSPS) is 35.4. The molecule has 3 rings (SSSR count). The van der Waals surface area contributed by atoms with Gasteiger partial charge in [0, 0.05) is 12.5 Å². The standard InChI is InChI=1S/C10H15N3S/c11-5-9-12-13-10(14-9)8-4-6-1-2-7(8)3-6/h6-8H,1-5,11H2. The molecule has 0 radical (unpaired) electrons. The molecule has 3 atom stereocenters. The number of hydrogen-bond donors (Lipinski definition) is 1. The van der Waals surface area contributed by atoms with Gasteiger partial charge in [0.15, 0.2) is 0 Å². The van der Waals surface area contributed by atoms with Gasteiger partial charge in [-0.05, 0) is 31.1 Å². The minimum atomic E-state index is 0.540. The zero-order valence-corrected chi connectivity index (χ0v) is 8.96. The van der Waals surface area contributed by atoms with Gasteiger partial charge in [-0.15, -0.1) is 10.2 Å². The number of aromatic nitrogens is 2. The molecule has 4 heteroatoms. The van der Waals surface area contributed by atoms with E-state index in [1.807, 2.05) is 0 Å². The van der Waals surface area contributed by atoms with Crippen molar-refractivity contribution in [1.82, 2.24) is 10.2 Å². The van der Waals surface area contributed by atoms with Crippen LogP contribution in [0, 0.1) is 11.8 Å². The Morgan fingerprint density at radius 1 is 1.29 bits per heavy atom. The minimum Gasteiger partial charge on any atom is -0.324 e. The third kappa shape index (κ3) is 1.28. The molecule has 2 fully saturated rings. The largest absolute Gasteiger partial charge is 0.324 e. The van der Waals surface area contributed by atoms with Crippen molar-refractivity contribution in [3.63, 3.8) is 0 Å². The van der Waals surface area contributed by atoms with Crippen molar-refractivity contribution in [2.45, 2.75) is 38.1 Å². The number of rotatable bonds is 2. The molecule has 3 unspecified atom stereocenters. The average molecular weight is 209 g/mol. The van der Waals surface area contributed by atoms with Gasteiger partial charge in [0.25, 0.3) is 0 Å². The summed E-state index contributed by atoms with van der Waals surface area (Å²) in [6.45, 7) is 0.540. The van der Waals surface area contributed by atoms with Gasteiger partial charge in [-0.25, -0.2) is 0 Å². The van der Waals surface area contributed by atoms with Gasteiger partial charge in [-0.3, -0.25) is 0 Å². The summed E-state index contributed by atoms with van der Waals surface area (Å²) in [5.41, 5.74) is 5.55. The molecule has 0 aliphatic heterocycles. The summed E-state index contributed by atoms with van der Waals surface area (Å²) in [4.78, 5) is 0. The van der Waals surface area contributed by atoms with Crippen LogP contribution in [0.25, 0.3) is 0 Å². The molecule has 76 valence electrons. The lowest BCUT2D eigenvalue weighted by molar-refractivity contribution is 0.417. The monoisotopic (exact) mass is 209 g/mol. The Labute approximate surface area is 87.7 Å². The first-order valence-corrected chi connectivity index (χ1v) is 6.21. The van der Waals surface area contributed by atoms with E-state index in [2.05, 4.69) is 10.2 Å². The van der Waals surface area contributed by atoms with Crippen molar-refractivity contribution in [2.24, 2.45) is 17.6 Å². The summed E-state index contributed by atoms with van der Waals surface area (Å²) in [5, 5.41) is 10.6. The van der Waals surface area contributed by atoms with E-state index in [4.69, 9.17) is 5.73 Å². The lowest BCUT2D eigenvalue weighted by Crippen LogP contribution is -2.07. The lowest BCUT2D eigenvalue weighted by Gasteiger charge is -2.18. The van der Waals surface area contributed by atoms with Crippen molar-refractivity contribution in [2.75, 3.05) is 0 Å². The van der Waals surface area contributed by atoms with Crippen LogP contribution in [0.2, 0.25) is 0 Å². The van der Waals surface area contributed by atoms with Crippen molar-refractivity contribution < 1.29 is 0 Å². The summed E-state index contributed by atoms with van der Waals surface area (Å²) in [6, 6.07) is 0. The van der Waals surface area contributed by atoms with Crippen LogP contribution in [0.5, 0.6) is 0 Å². The van der Waals surface area contributed by atoms with Crippen LogP contribution in [0.4, 0.5) is 0 Å². The molecule has 14 heavy (non-hydrogen) atoms. The highest BCUT2D eigenvalue weighted by atomic mass is 32.1. The molecule has 1 aromatic rings. The molecule has 0 spiro atoms. The first kappa shape index (κ1) is 8.80. The van der Waals surface area contributed by atoms with Gasteiger partial charge in [-0.2, -0.15) is 0 Å². The summed E-state index contributed by atoms with van der Waals surface area (Å²) in [6.07, 6.45) is 5.64. The predicted octanol–water partition coefficient (Wildman–Crippen LogP) is 1.90. The molecule has 2 aliphatic rings. The molecule has 0 saturated heterocycles. The van der Waals surface area contributed by atoms with Crippen LogP contribution in [0.15, 0.2) is 0 Å². The van der Waals surface area contributed by atoms with E-state index in [1.165, 1.54) is 30.7 Å². The molecule has 2 bridgehead atoms. The molecule has 1 aromatic heterocycles. The molecule has 0 aromatic carbocycles. The fraction of sp³-hybridized carbons (Fsp3) is 0.800. The molecule has 2 N–H and O–H groups in total. The third-order valence-electron chi connectivity index (χ3n) is 3.71. The van der Waals surface area contributed by atoms with Crippen molar-refractivity contribution in [3.8, 4) is 0 Å². The molecule has 0 amide bonds. The summed E-state index contributed by atoms with van der Waals surface area (Å²) in [5.74, 6) is 2.60. The zero-order chi connectivity index (χ0) is 9.54. The van der Waals surface area contributed by atoms with Crippen LogP contribution >= 0.6 is 11.3 Å². The smallest absolute Gasteiger partial charge is 0.131 e. The lowest BCUT2D eigenvalue weighted by atomic mass is 9.89. The molecule has 3 nitrogen and oxygen atoms in total. The number of nitrogens with two attached hydrogens (primary N) is 1. The second-order valence-corrected chi connectivity index (χ2v) is 5.61. The van der Waals surface area contributed by atoms with Gasteiger partial charge in [0.2, 0.25) is 0 Å². The van der Waals surface area contributed by atoms with E-state index in [-0.39, 0.29) is 0 Å². The van der Waals surface area contributed by atoms with Gasteiger partial charge >= 0.3 is 0 Å². The van der Waals surface area contributed by atoms with E-state index in [1.54, 1.807) is 11.3 Å². The quantitative estimate of drug-likeness (QED) is 0.809. The van der Waals surface area contributed by atoms with Gasteiger partial charge in [0.1, 0.15) is 10.0 Å². The predicted molar refractivity (Wildman–Crippen MR) is 56.0 cm³/mol. The van der Waals surface area contributed by atoms with Gasteiger partial charge < -0.3 is 5.73 Å². The van der Waals surface area contributed by atoms with Crippen LogP contribution in [-0.2, 0) is 6.54 Å². The zero-order valence-electron chi connectivity index (χ0n) is 8.15. The summed E-state index contributed by atoms with van der Waals surface area (Å²) in [7, 11) is 0. The average Bonchev–Trinajstić information content (AvgIpc) is 2.93. The number of fused-ring (bicyclic) bond motifs is 2. The highest BCUT2D eigenvalue weighted by Crippen LogP contribution is 2.53. The third-order valence-corrected chi connectivity index (χ3v) is 4.79. The van der Waals surface area contributed by atoms with E-state index < -0.39 is 0 Å². The van der Waals surface area contributed by atoms with Gasteiger partial charge in [0.05, 0.1) is 0 Å². The van der Waals surface area contributed by atoms with Crippen LogP contribution in [0.1, 0.15) is 41.6 Å².